The number of carbonyl (C=O) groups is 2. The molecule has 32 heavy (non-hydrogen) atoms. The van der Waals surface area contributed by atoms with E-state index in [4.69, 9.17) is 5.73 Å². The average Bonchev–Trinajstić information content (AvgIpc) is 3.26. The van der Waals surface area contributed by atoms with Crippen molar-refractivity contribution in [3.63, 3.8) is 0 Å². The van der Waals surface area contributed by atoms with Gasteiger partial charge in [0.15, 0.2) is 5.82 Å². The lowest BCUT2D eigenvalue weighted by Gasteiger charge is -2.29. The molecule has 0 saturated carbocycles. The van der Waals surface area contributed by atoms with E-state index in [1.54, 1.807) is 0 Å². The molecule has 1 aromatic heterocycles. The molecule has 1 fully saturated rings. The third kappa shape index (κ3) is 4.45. The lowest BCUT2D eigenvalue weighted by Crippen LogP contribution is -2.44. The van der Waals surface area contributed by atoms with Gasteiger partial charge in [0, 0.05) is 37.9 Å². The Morgan fingerprint density at radius 3 is 2.59 bits per heavy atom. The molecule has 10 nitrogen and oxygen atoms in total. The Balaban J connectivity index is 1.94. The van der Waals surface area contributed by atoms with Gasteiger partial charge >= 0.3 is 6.09 Å². The fourth-order valence-electron chi connectivity index (χ4n) is 3.79. The molecule has 0 spiro atoms. The number of halogens is 2. The van der Waals surface area contributed by atoms with Crippen molar-refractivity contribution < 1.29 is 32.2 Å². The van der Waals surface area contributed by atoms with Gasteiger partial charge in [-0.3, -0.25) is 13.7 Å². The van der Waals surface area contributed by atoms with Crippen molar-refractivity contribution in [3.05, 3.63) is 47.3 Å². The van der Waals surface area contributed by atoms with Crippen LogP contribution in [0.3, 0.4) is 0 Å². The van der Waals surface area contributed by atoms with Gasteiger partial charge in [0.2, 0.25) is 0 Å². The van der Waals surface area contributed by atoms with Gasteiger partial charge in [0.25, 0.3) is 17.2 Å². The fourth-order valence-corrected chi connectivity index (χ4v) is 4.56. The Morgan fingerprint density at radius 1 is 1.34 bits per heavy atom. The second-order valence-electron chi connectivity index (χ2n) is 7.51. The van der Waals surface area contributed by atoms with Crippen molar-refractivity contribution in [1.82, 2.24) is 9.47 Å². The molecule has 1 aliphatic rings. The Labute approximate surface area is 185 Å². The molecule has 2 aromatic rings. The van der Waals surface area contributed by atoms with Crippen molar-refractivity contribution in [1.29, 1.82) is 0 Å². The van der Waals surface area contributed by atoms with Crippen LogP contribution in [-0.2, 0) is 18.3 Å². The minimum atomic E-state index is -2.73. The maximum atomic E-state index is 15.4. The summed E-state index contributed by atoms with van der Waals surface area (Å²) in [6.45, 7) is 1.38. The van der Waals surface area contributed by atoms with E-state index in [1.165, 1.54) is 32.3 Å². The maximum Gasteiger partial charge on any atom is 0.407 e. The summed E-state index contributed by atoms with van der Waals surface area (Å²) in [6.07, 6.45) is -0.0523. The predicted octanol–water partition coefficient (Wildman–Crippen LogP) is 1.74. The summed E-state index contributed by atoms with van der Waals surface area (Å²) in [5.41, 5.74) is 5.48. The molecule has 2 amide bonds. The number of carboxylic acid groups (broad SMARTS) is 1. The van der Waals surface area contributed by atoms with E-state index in [1.807, 2.05) is 0 Å². The monoisotopic (exact) mass is 471 g/mol. The molecular weight excluding hydrogens is 448 g/mol. The number of aryl methyl sites for hydroxylation is 2. The number of aromatic nitrogens is 1. The highest BCUT2D eigenvalue weighted by atomic mass is 32.2. The first kappa shape index (κ1) is 23.6. The third-order valence-electron chi connectivity index (χ3n) is 5.42. The Bertz CT molecular complexity index is 1080. The summed E-state index contributed by atoms with van der Waals surface area (Å²) in [5, 5.41) is 11.7. The summed E-state index contributed by atoms with van der Waals surface area (Å²) in [7, 11) is 1.38. The van der Waals surface area contributed by atoms with Gasteiger partial charge in [-0.2, -0.15) is 0 Å². The number of hydrogen-bond donors (Lipinski definition) is 4. The van der Waals surface area contributed by atoms with Crippen LogP contribution in [0.4, 0.5) is 25.0 Å². The number of hydrogen-bond acceptors (Lipinski definition) is 4. The van der Waals surface area contributed by atoms with Crippen molar-refractivity contribution in [3.8, 4) is 0 Å². The number of amides is 2. The maximum absolute atomic E-state index is 15.4. The summed E-state index contributed by atoms with van der Waals surface area (Å²) in [5.74, 6) is -2.89. The molecule has 174 valence electrons. The second-order valence-corrected chi connectivity index (χ2v) is 8.37. The first-order valence-corrected chi connectivity index (χ1v) is 10.6. The van der Waals surface area contributed by atoms with E-state index in [-0.39, 0.29) is 36.6 Å². The molecule has 13 heteroatoms. The highest BCUT2D eigenvalue weighted by molar-refractivity contribution is 7.80. The van der Waals surface area contributed by atoms with Gasteiger partial charge < -0.3 is 25.6 Å². The fraction of sp³-hybridized carbons (Fsp3) is 0.368. The second kappa shape index (κ2) is 9.22. The van der Waals surface area contributed by atoms with Crippen LogP contribution in [0.1, 0.15) is 16.1 Å². The molecule has 1 aliphatic heterocycles. The minimum absolute atomic E-state index is 0.00780. The van der Waals surface area contributed by atoms with Gasteiger partial charge in [0.05, 0.1) is 6.04 Å². The zero-order chi connectivity index (χ0) is 23.7. The first-order chi connectivity index (χ1) is 15.0. The van der Waals surface area contributed by atoms with Crippen LogP contribution >= 0.6 is 0 Å². The molecule has 0 radical (unpaired) electrons. The van der Waals surface area contributed by atoms with E-state index in [0.29, 0.717) is 0 Å². The van der Waals surface area contributed by atoms with E-state index >= 15 is 4.39 Å². The van der Waals surface area contributed by atoms with Crippen LogP contribution < -0.4 is 15.4 Å². The topological polar surface area (TPSA) is 141 Å². The number of nitrogens with one attached hydrogen (secondary N) is 1. The molecule has 0 aliphatic carbocycles. The molecule has 1 saturated heterocycles. The standard InChI is InChI=1S/C19H23F2N5O5S/c1-10-5-12(3-4-13(10)20)23-18(27)17-16(21)15(8-24(17)2)26(32(30)31)14-9-25(19(28)29)7-11(14)6-22/h3-5,8,11,14H,6-7,9,22H2,1-2H3,(H,23,27)(H,28,29)(H,30,31). The highest BCUT2D eigenvalue weighted by Crippen LogP contribution is 2.32. The van der Waals surface area contributed by atoms with E-state index in [0.717, 1.165) is 19.8 Å². The summed E-state index contributed by atoms with van der Waals surface area (Å²) < 4.78 is 52.8. The lowest BCUT2D eigenvalue weighted by molar-refractivity contribution is 0.101. The van der Waals surface area contributed by atoms with Crippen LogP contribution in [0.15, 0.2) is 24.4 Å². The average molecular weight is 471 g/mol. The molecule has 1 aromatic carbocycles. The SMILES string of the molecule is Cc1cc(NC(=O)c2c(F)c(N(C3CN(C(=O)O)CC3CN)S(=O)O)cn2C)ccc1F. The predicted molar refractivity (Wildman–Crippen MR) is 114 cm³/mol. The van der Waals surface area contributed by atoms with Crippen LogP contribution in [0, 0.1) is 24.5 Å². The summed E-state index contributed by atoms with van der Waals surface area (Å²) >= 11 is -2.73. The van der Waals surface area contributed by atoms with Gasteiger partial charge in [-0.25, -0.2) is 17.8 Å². The molecule has 0 bridgehead atoms. The zero-order valence-corrected chi connectivity index (χ0v) is 18.1. The zero-order valence-electron chi connectivity index (χ0n) is 17.3. The Hall–Kier alpha value is -3.03. The Kier molecular flexibility index (Phi) is 6.81. The number of likely N-dealkylation sites (tertiary alicyclic amines) is 1. The quantitative estimate of drug-likeness (QED) is 0.473. The number of carbonyl (C=O) groups excluding carboxylic acids is 1. The van der Waals surface area contributed by atoms with Gasteiger partial charge in [-0.1, -0.05) is 0 Å². The smallest absolute Gasteiger partial charge is 0.407 e. The third-order valence-corrected chi connectivity index (χ3v) is 6.22. The van der Waals surface area contributed by atoms with Crippen molar-refractivity contribution in [2.24, 2.45) is 18.7 Å². The number of anilines is 2. The van der Waals surface area contributed by atoms with Crippen LogP contribution in [-0.4, -0.2) is 61.0 Å². The molecule has 5 N–H and O–H groups in total. The number of nitrogens with zero attached hydrogens (tertiary/aromatic N) is 3. The lowest BCUT2D eigenvalue weighted by atomic mass is 10.0. The van der Waals surface area contributed by atoms with Crippen molar-refractivity contribution in [2.45, 2.75) is 13.0 Å². The molecule has 3 atom stereocenters. The number of rotatable bonds is 6. The summed E-state index contributed by atoms with van der Waals surface area (Å²) in [6, 6.07) is 2.99. The minimum Gasteiger partial charge on any atom is -0.465 e. The highest BCUT2D eigenvalue weighted by Gasteiger charge is 2.42. The molecule has 3 rings (SSSR count). The van der Waals surface area contributed by atoms with Crippen molar-refractivity contribution >= 4 is 34.6 Å². The van der Waals surface area contributed by atoms with Gasteiger partial charge in [-0.05, 0) is 37.2 Å². The molecule has 3 unspecified atom stereocenters. The summed E-state index contributed by atoms with van der Waals surface area (Å²) in [4.78, 5) is 25.1. The van der Waals surface area contributed by atoms with Crippen molar-refractivity contribution in [2.75, 3.05) is 29.3 Å². The van der Waals surface area contributed by atoms with E-state index in [9.17, 15) is 27.8 Å². The van der Waals surface area contributed by atoms with E-state index in [2.05, 4.69) is 5.32 Å². The number of nitrogens with two attached hydrogens (primary N) is 1. The first-order valence-electron chi connectivity index (χ1n) is 9.55. The van der Waals surface area contributed by atoms with Gasteiger partial charge in [0.1, 0.15) is 17.2 Å². The Morgan fingerprint density at radius 2 is 2.03 bits per heavy atom. The van der Waals surface area contributed by atoms with Crippen LogP contribution in [0.25, 0.3) is 0 Å². The van der Waals surface area contributed by atoms with Crippen LogP contribution in [0.5, 0.6) is 0 Å². The largest absolute Gasteiger partial charge is 0.465 e. The molecular formula is C19H23F2N5O5S. The number of benzene rings is 1. The normalized spacial score (nSPS) is 19.1. The molecule has 2 heterocycles. The van der Waals surface area contributed by atoms with Crippen LogP contribution in [0.2, 0.25) is 0 Å². The van der Waals surface area contributed by atoms with Gasteiger partial charge in [-0.15, -0.1) is 0 Å². The van der Waals surface area contributed by atoms with E-state index < -0.39 is 52.6 Å².